The highest BCUT2D eigenvalue weighted by Gasteiger charge is 2.30. The van der Waals surface area contributed by atoms with E-state index in [-0.39, 0.29) is 11.7 Å². The van der Waals surface area contributed by atoms with E-state index in [1.165, 1.54) is 0 Å². The normalized spacial score (nSPS) is 22.2. The molecule has 2 aliphatic rings. The average molecular weight is 347 g/mol. The van der Waals surface area contributed by atoms with Crippen molar-refractivity contribution in [1.82, 2.24) is 9.80 Å². The van der Waals surface area contributed by atoms with E-state index in [0.717, 1.165) is 70.9 Å². The summed E-state index contributed by atoms with van der Waals surface area (Å²) in [6.45, 7) is 6.69. The van der Waals surface area contributed by atoms with Gasteiger partial charge >= 0.3 is 0 Å². The molecule has 6 heteroatoms. The largest absolute Gasteiger partial charge is 0.508 e. The number of phenols is 1. The number of carbonyl (C=O) groups excluding carboxylic acids is 1. The van der Waals surface area contributed by atoms with Crippen molar-refractivity contribution in [3.05, 3.63) is 24.3 Å². The summed E-state index contributed by atoms with van der Waals surface area (Å²) in [5.74, 6) is 0.713. The lowest BCUT2D eigenvalue weighted by molar-refractivity contribution is -0.137. The minimum absolute atomic E-state index is 0.123. The summed E-state index contributed by atoms with van der Waals surface area (Å²) in [4.78, 5) is 19.5. The first-order chi connectivity index (χ1) is 12.2. The molecule has 1 aromatic carbocycles. The highest BCUT2D eigenvalue weighted by atomic mass is 16.5. The number of aromatic hydroxyl groups is 1. The summed E-state index contributed by atoms with van der Waals surface area (Å²) in [6.07, 6.45) is 2.08. The Morgan fingerprint density at radius 1 is 1.24 bits per heavy atom. The van der Waals surface area contributed by atoms with Gasteiger partial charge in [-0.1, -0.05) is 6.07 Å². The lowest BCUT2D eigenvalue weighted by atomic mass is 9.96. The lowest BCUT2D eigenvalue weighted by Crippen LogP contribution is -2.52. The summed E-state index contributed by atoms with van der Waals surface area (Å²) in [5, 5.41) is 9.64. The number of methoxy groups -OCH3 is 1. The smallest absolute Gasteiger partial charge is 0.227 e. The number of benzene rings is 1. The zero-order chi connectivity index (χ0) is 17.6. The Balaban J connectivity index is 1.51. The van der Waals surface area contributed by atoms with Crippen LogP contribution in [0.4, 0.5) is 5.69 Å². The van der Waals surface area contributed by atoms with Crippen LogP contribution in [0.25, 0.3) is 0 Å². The predicted octanol–water partition coefficient (Wildman–Crippen LogP) is 1.40. The minimum Gasteiger partial charge on any atom is -0.508 e. The van der Waals surface area contributed by atoms with Crippen LogP contribution in [0.1, 0.15) is 12.8 Å². The van der Waals surface area contributed by atoms with Gasteiger partial charge in [-0.05, 0) is 31.5 Å². The van der Waals surface area contributed by atoms with Crippen LogP contribution >= 0.6 is 0 Å². The monoisotopic (exact) mass is 347 g/mol. The number of phenolic OH excluding ortho intramolecular Hbond substituents is 1. The molecule has 138 valence electrons. The summed E-state index contributed by atoms with van der Waals surface area (Å²) in [7, 11) is 1.72. The van der Waals surface area contributed by atoms with Crippen molar-refractivity contribution in [2.75, 3.05) is 64.4 Å². The van der Waals surface area contributed by atoms with Gasteiger partial charge in [-0.15, -0.1) is 0 Å². The fourth-order valence-corrected chi connectivity index (χ4v) is 3.81. The summed E-state index contributed by atoms with van der Waals surface area (Å²) in [5.41, 5.74) is 1.02. The Labute approximate surface area is 150 Å². The van der Waals surface area contributed by atoms with Crippen LogP contribution in [0.3, 0.4) is 0 Å². The van der Waals surface area contributed by atoms with Crippen LogP contribution in [-0.4, -0.2) is 80.3 Å². The van der Waals surface area contributed by atoms with E-state index < -0.39 is 0 Å². The SMILES string of the molecule is COCCN1CCC[C@@H](C(=O)N2CCN(c3cccc(O)c3)CC2)C1. The number of likely N-dealkylation sites (tertiary alicyclic amines) is 1. The van der Waals surface area contributed by atoms with Gasteiger partial charge in [0.05, 0.1) is 12.5 Å². The molecule has 0 spiro atoms. The number of hydrogen-bond donors (Lipinski definition) is 1. The maximum atomic E-state index is 12.9. The van der Waals surface area contributed by atoms with Crippen molar-refractivity contribution in [1.29, 1.82) is 0 Å². The van der Waals surface area contributed by atoms with Crippen molar-refractivity contribution in [3.63, 3.8) is 0 Å². The number of piperidine rings is 1. The number of ether oxygens (including phenoxy) is 1. The van der Waals surface area contributed by atoms with Gasteiger partial charge < -0.3 is 24.5 Å². The zero-order valence-corrected chi connectivity index (χ0v) is 15.1. The van der Waals surface area contributed by atoms with E-state index in [9.17, 15) is 9.90 Å². The van der Waals surface area contributed by atoms with Crippen LogP contribution in [0, 0.1) is 5.92 Å². The third-order valence-electron chi connectivity index (χ3n) is 5.25. The number of carbonyl (C=O) groups is 1. The van der Waals surface area contributed by atoms with Gasteiger partial charge in [-0.2, -0.15) is 0 Å². The molecular formula is C19H29N3O3. The van der Waals surface area contributed by atoms with Gasteiger partial charge in [0, 0.05) is 58.1 Å². The highest BCUT2D eigenvalue weighted by molar-refractivity contribution is 5.79. The van der Waals surface area contributed by atoms with Crippen molar-refractivity contribution in [2.45, 2.75) is 12.8 Å². The van der Waals surface area contributed by atoms with E-state index in [2.05, 4.69) is 9.80 Å². The third-order valence-corrected chi connectivity index (χ3v) is 5.25. The molecule has 25 heavy (non-hydrogen) atoms. The van der Waals surface area contributed by atoms with Crippen LogP contribution in [0.15, 0.2) is 24.3 Å². The van der Waals surface area contributed by atoms with Crippen molar-refractivity contribution in [2.24, 2.45) is 5.92 Å². The van der Waals surface area contributed by atoms with Crippen molar-refractivity contribution in [3.8, 4) is 5.75 Å². The average Bonchev–Trinajstić information content (AvgIpc) is 2.66. The molecule has 0 saturated carbocycles. The fraction of sp³-hybridized carbons (Fsp3) is 0.632. The maximum Gasteiger partial charge on any atom is 0.227 e. The molecule has 0 unspecified atom stereocenters. The molecule has 1 aromatic rings. The molecule has 0 aliphatic carbocycles. The molecule has 0 bridgehead atoms. The Kier molecular flexibility index (Phi) is 6.15. The zero-order valence-electron chi connectivity index (χ0n) is 15.1. The number of amides is 1. The standard InChI is InChI=1S/C19H29N3O3/c1-25-13-12-20-7-3-4-16(15-20)19(24)22-10-8-21(9-11-22)17-5-2-6-18(23)14-17/h2,5-6,14,16,23H,3-4,7-13,15H2,1H3/t16-/m1/s1. The quantitative estimate of drug-likeness (QED) is 0.873. The second-order valence-corrected chi connectivity index (χ2v) is 6.96. The molecule has 1 amide bonds. The molecule has 3 rings (SSSR count). The summed E-state index contributed by atoms with van der Waals surface area (Å²) in [6, 6.07) is 7.33. The van der Waals surface area contributed by atoms with Crippen LogP contribution in [0.5, 0.6) is 5.75 Å². The molecule has 6 nitrogen and oxygen atoms in total. The van der Waals surface area contributed by atoms with Crippen LogP contribution in [-0.2, 0) is 9.53 Å². The molecule has 2 saturated heterocycles. The van der Waals surface area contributed by atoms with E-state index in [1.807, 2.05) is 17.0 Å². The summed E-state index contributed by atoms with van der Waals surface area (Å²) < 4.78 is 5.16. The number of rotatable bonds is 5. The van der Waals surface area contributed by atoms with E-state index in [1.54, 1.807) is 19.2 Å². The molecule has 2 fully saturated rings. The molecule has 0 aromatic heterocycles. The second-order valence-electron chi connectivity index (χ2n) is 6.96. The number of hydrogen-bond acceptors (Lipinski definition) is 5. The van der Waals surface area contributed by atoms with E-state index in [0.29, 0.717) is 5.91 Å². The van der Waals surface area contributed by atoms with Gasteiger partial charge in [0.15, 0.2) is 0 Å². The van der Waals surface area contributed by atoms with Gasteiger partial charge in [-0.3, -0.25) is 4.79 Å². The third kappa shape index (κ3) is 4.64. The number of nitrogens with zero attached hydrogens (tertiary/aromatic N) is 3. The Bertz CT molecular complexity index is 573. The minimum atomic E-state index is 0.123. The highest BCUT2D eigenvalue weighted by Crippen LogP contribution is 2.23. The van der Waals surface area contributed by atoms with Gasteiger partial charge in [-0.25, -0.2) is 0 Å². The second kappa shape index (κ2) is 8.54. The molecule has 2 heterocycles. The molecule has 1 atom stereocenters. The van der Waals surface area contributed by atoms with Gasteiger partial charge in [0.2, 0.25) is 5.91 Å². The number of anilines is 1. The van der Waals surface area contributed by atoms with Gasteiger partial charge in [0.1, 0.15) is 5.75 Å². The van der Waals surface area contributed by atoms with Crippen molar-refractivity contribution >= 4 is 11.6 Å². The topological polar surface area (TPSA) is 56.2 Å². The van der Waals surface area contributed by atoms with Crippen LogP contribution < -0.4 is 4.90 Å². The van der Waals surface area contributed by atoms with Crippen molar-refractivity contribution < 1.29 is 14.6 Å². The lowest BCUT2D eigenvalue weighted by Gasteiger charge is -2.39. The van der Waals surface area contributed by atoms with Gasteiger partial charge in [0.25, 0.3) is 0 Å². The first kappa shape index (κ1) is 18.0. The molecule has 2 aliphatic heterocycles. The first-order valence-electron chi connectivity index (χ1n) is 9.21. The predicted molar refractivity (Wildman–Crippen MR) is 97.9 cm³/mol. The fourth-order valence-electron chi connectivity index (χ4n) is 3.81. The Morgan fingerprint density at radius 3 is 2.76 bits per heavy atom. The Morgan fingerprint density at radius 2 is 2.04 bits per heavy atom. The van der Waals surface area contributed by atoms with Crippen LogP contribution in [0.2, 0.25) is 0 Å². The van der Waals surface area contributed by atoms with E-state index >= 15 is 0 Å². The molecule has 0 radical (unpaired) electrons. The number of piperazine rings is 1. The molecular weight excluding hydrogens is 318 g/mol. The van der Waals surface area contributed by atoms with E-state index in [4.69, 9.17) is 4.74 Å². The summed E-state index contributed by atoms with van der Waals surface area (Å²) >= 11 is 0. The molecule has 1 N–H and O–H groups in total. The first-order valence-corrected chi connectivity index (χ1v) is 9.21. The maximum absolute atomic E-state index is 12.9. The Hall–Kier alpha value is -1.79.